The molecular weight excluding hydrogens is 467 g/mol. The van der Waals surface area contributed by atoms with Crippen molar-refractivity contribution in [1.82, 2.24) is 15.5 Å². The number of rotatable bonds is 10. The average molecular weight is 504 g/mol. The number of para-hydroxylation sites is 1. The zero-order valence-electron chi connectivity index (χ0n) is 17.6. The Bertz CT molecular complexity index is 565. The zero-order valence-corrected chi connectivity index (χ0v) is 19.9. The van der Waals surface area contributed by atoms with Crippen LogP contribution < -0.4 is 15.4 Å². The van der Waals surface area contributed by atoms with Crippen molar-refractivity contribution in [2.45, 2.75) is 39.7 Å². The number of morpholine rings is 1. The summed E-state index contributed by atoms with van der Waals surface area (Å²) in [5.41, 5.74) is 1.15. The molecule has 160 valence electrons. The minimum atomic E-state index is 0. The first kappa shape index (κ1) is 25.0. The molecule has 1 atom stereocenters. The lowest BCUT2D eigenvalue weighted by atomic mass is 10.2. The number of unbranched alkanes of at least 4 members (excludes halogenated alkanes) is 1. The summed E-state index contributed by atoms with van der Waals surface area (Å²) in [5, 5.41) is 6.74. The summed E-state index contributed by atoms with van der Waals surface area (Å²) in [7, 11) is 0. The molecule has 0 amide bonds. The molecule has 7 heteroatoms. The highest BCUT2D eigenvalue weighted by molar-refractivity contribution is 14.0. The van der Waals surface area contributed by atoms with Gasteiger partial charge in [0.2, 0.25) is 0 Å². The summed E-state index contributed by atoms with van der Waals surface area (Å²) in [5.74, 6) is 1.80. The SMILES string of the molecule is CCNC(=NCC(C)Oc1ccccc1C)NCCCCN1CCOCC1.I. The largest absolute Gasteiger partial charge is 0.489 e. The molecule has 6 nitrogen and oxygen atoms in total. The van der Waals surface area contributed by atoms with E-state index in [1.807, 2.05) is 18.2 Å². The number of nitrogens with zero attached hydrogens (tertiary/aromatic N) is 2. The molecule has 1 unspecified atom stereocenters. The number of halogens is 1. The predicted molar refractivity (Wildman–Crippen MR) is 127 cm³/mol. The third-order valence-corrected chi connectivity index (χ3v) is 4.57. The lowest BCUT2D eigenvalue weighted by molar-refractivity contribution is 0.0372. The number of benzene rings is 1. The van der Waals surface area contributed by atoms with E-state index in [1.165, 1.54) is 6.42 Å². The molecule has 0 radical (unpaired) electrons. The highest BCUT2D eigenvalue weighted by atomic mass is 127. The molecule has 1 aromatic carbocycles. The Labute approximate surface area is 187 Å². The van der Waals surface area contributed by atoms with Crippen LogP contribution in [0, 0.1) is 6.92 Å². The van der Waals surface area contributed by atoms with E-state index in [0.29, 0.717) is 6.54 Å². The monoisotopic (exact) mass is 504 g/mol. The first-order valence-electron chi connectivity index (χ1n) is 10.2. The maximum atomic E-state index is 6.01. The van der Waals surface area contributed by atoms with E-state index in [-0.39, 0.29) is 30.1 Å². The topological polar surface area (TPSA) is 58.1 Å². The Morgan fingerprint density at radius 3 is 2.68 bits per heavy atom. The van der Waals surface area contributed by atoms with Crippen molar-refractivity contribution in [2.75, 3.05) is 52.5 Å². The van der Waals surface area contributed by atoms with Gasteiger partial charge in [-0.2, -0.15) is 0 Å². The standard InChI is InChI=1S/C21H36N4O2.HI/c1-4-22-21(23-11-7-8-12-25-13-15-26-16-14-25)24-17-19(3)27-20-10-6-5-9-18(20)2;/h5-6,9-10,19H,4,7-8,11-17H2,1-3H3,(H2,22,23,24);1H. The molecule has 0 aromatic heterocycles. The first-order chi connectivity index (χ1) is 13.2. The van der Waals surface area contributed by atoms with Crippen molar-refractivity contribution in [3.63, 3.8) is 0 Å². The van der Waals surface area contributed by atoms with Crippen molar-refractivity contribution in [3.8, 4) is 5.75 Å². The summed E-state index contributed by atoms with van der Waals surface area (Å²) in [6.07, 6.45) is 2.36. The molecule has 1 aromatic rings. The van der Waals surface area contributed by atoms with Crippen LogP contribution in [0.5, 0.6) is 5.75 Å². The number of aliphatic imine (C=N–C) groups is 1. The van der Waals surface area contributed by atoms with E-state index in [1.54, 1.807) is 0 Å². The van der Waals surface area contributed by atoms with E-state index >= 15 is 0 Å². The number of hydrogen-bond acceptors (Lipinski definition) is 4. The van der Waals surface area contributed by atoms with Gasteiger partial charge < -0.3 is 20.1 Å². The fourth-order valence-electron chi connectivity index (χ4n) is 3.00. The van der Waals surface area contributed by atoms with Crippen LogP contribution in [0.15, 0.2) is 29.3 Å². The summed E-state index contributed by atoms with van der Waals surface area (Å²) in [4.78, 5) is 7.15. The van der Waals surface area contributed by atoms with Crippen molar-refractivity contribution in [1.29, 1.82) is 0 Å². The van der Waals surface area contributed by atoms with Crippen molar-refractivity contribution < 1.29 is 9.47 Å². The normalized spacial score (nSPS) is 16.2. The first-order valence-corrected chi connectivity index (χ1v) is 10.2. The highest BCUT2D eigenvalue weighted by Crippen LogP contribution is 2.17. The Morgan fingerprint density at radius 2 is 1.96 bits per heavy atom. The van der Waals surface area contributed by atoms with E-state index in [4.69, 9.17) is 9.47 Å². The van der Waals surface area contributed by atoms with Gasteiger partial charge in [0.05, 0.1) is 19.8 Å². The minimum absolute atomic E-state index is 0. The quantitative estimate of drug-likeness (QED) is 0.222. The van der Waals surface area contributed by atoms with Crippen LogP contribution in [0.2, 0.25) is 0 Å². The van der Waals surface area contributed by atoms with Crippen LogP contribution in [0.1, 0.15) is 32.3 Å². The van der Waals surface area contributed by atoms with Gasteiger partial charge >= 0.3 is 0 Å². The second-order valence-electron chi connectivity index (χ2n) is 7.00. The van der Waals surface area contributed by atoms with Crippen LogP contribution in [-0.4, -0.2) is 69.4 Å². The second kappa shape index (κ2) is 14.9. The summed E-state index contributed by atoms with van der Waals surface area (Å²) < 4.78 is 11.4. The van der Waals surface area contributed by atoms with Crippen molar-refractivity contribution >= 4 is 29.9 Å². The average Bonchev–Trinajstić information content (AvgIpc) is 2.68. The van der Waals surface area contributed by atoms with Crippen LogP contribution >= 0.6 is 24.0 Å². The smallest absolute Gasteiger partial charge is 0.191 e. The summed E-state index contributed by atoms with van der Waals surface area (Å²) in [6, 6.07) is 8.10. The van der Waals surface area contributed by atoms with Gasteiger partial charge in [0.25, 0.3) is 0 Å². The number of nitrogens with one attached hydrogen (secondary N) is 2. The highest BCUT2D eigenvalue weighted by Gasteiger charge is 2.09. The van der Waals surface area contributed by atoms with E-state index < -0.39 is 0 Å². The van der Waals surface area contributed by atoms with Crippen LogP contribution in [0.3, 0.4) is 0 Å². The molecule has 1 aliphatic rings. The summed E-state index contributed by atoms with van der Waals surface area (Å²) in [6.45, 7) is 13.6. The predicted octanol–water partition coefficient (Wildman–Crippen LogP) is 3.05. The molecule has 0 bridgehead atoms. The van der Waals surface area contributed by atoms with E-state index in [0.717, 1.165) is 69.6 Å². The molecule has 2 N–H and O–H groups in total. The molecule has 1 fully saturated rings. The van der Waals surface area contributed by atoms with Crippen LogP contribution in [-0.2, 0) is 4.74 Å². The van der Waals surface area contributed by atoms with Gasteiger partial charge in [-0.3, -0.25) is 4.90 Å². The fourth-order valence-corrected chi connectivity index (χ4v) is 3.00. The molecule has 1 saturated heterocycles. The Morgan fingerprint density at radius 1 is 1.21 bits per heavy atom. The molecule has 2 rings (SSSR count). The van der Waals surface area contributed by atoms with Gasteiger partial charge in [-0.25, -0.2) is 4.99 Å². The zero-order chi connectivity index (χ0) is 19.3. The Kier molecular flexibility index (Phi) is 13.3. The lowest BCUT2D eigenvalue weighted by Crippen LogP contribution is -2.39. The number of hydrogen-bond donors (Lipinski definition) is 2. The molecule has 0 aliphatic carbocycles. The van der Waals surface area contributed by atoms with Gasteiger partial charge in [-0.15, -0.1) is 24.0 Å². The molecule has 0 spiro atoms. The molecule has 1 heterocycles. The maximum absolute atomic E-state index is 6.01. The third-order valence-electron chi connectivity index (χ3n) is 4.57. The molecule has 1 aliphatic heterocycles. The van der Waals surface area contributed by atoms with Crippen LogP contribution in [0.4, 0.5) is 0 Å². The minimum Gasteiger partial charge on any atom is -0.489 e. The number of aryl methyl sites for hydroxylation is 1. The fraction of sp³-hybridized carbons (Fsp3) is 0.667. The number of guanidine groups is 1. The van der Waals surface area contributed by atoms with Gasteiger partial charge in [0.15, 0.2) is 5.96 Å². The Balaban J connectivity index is 0.00000392. The van der Waals surface area contributed by atoms with Gasteiger partial charge in [-0.05, 0) is 51.8 Å². The van der Waals surface area contributed by atoms with Crippen molar-refractivity contribution in [2.24, 2.45) is 4.99 Å². The summed E-state index contributed by atoms with van der Waals surface area (Å²) >= 11 is 0. The van der Waals surface area contributed by atoms with E-state index in [2.05, 4.69) is 47.4 Å². The van der Waals surface area contributed by atoms with Gasteiger partial charge in [-0.1, -0.05) is 18.2 Å². The lowest BCUT2D eigenvalue weighted by Gasteiger charge is -2.26. The Hall–Kier alpha value is -1.06. The molecule has 0 saturated carbocycles. The second-order valence-corrected chi connectivity index (χ2v) is 7.00. The van der Waals surface area contributed by atoms with Crippen molar-refractivity contribution in [3.05, 3.63) is 29.8 Å². The molecule has 28 heavy (non-hydrogen) atoms. The third kappa shape index (κ3) is 9.93. The number of ether oxygens (including phenoxy) is 2. The maximum Gasteiger partial charge on any atom is 0.191 e. The molecular formula is C21H37IN4O2. The van der Waals surface area contributed by atoms with Gasteiger partial charge in [0, 0.05) is 26.2 Å². The van der Waals surface area contributed by atoms with E-state index in [9.17, 15) is 0 Å². The van der Waals surface area contributed by atoms with Crippen LogP contribution in [0.25, 0.3) is 0 Å². The van der Waals surface area contributed by atoms with Gasteiger partial charge in [0.1, 0.15) is 11.9 Å².